The zero-order valence-electron chi connectivity index (χ0n) is 21.9. The van der Waals surface area contributed by atoms with Crippen LogP contribution in [0.1, 0.15) is 11.3 Å². The average Bonchev–Trinajstić information content (AvgIpc) is 3.01. The highest BCUT2D eigenvalue weighted by Crippen LogP contribution is 2.44. The van der Waals surface area contributed by atoms with E-state index in [2.05, 4.69) is 133 Å². The number of aromatic nitrogens is 1. The van der Waals surface area contributed by atoms with Crippen LogP contribution >= 0.6 is 0 Å². The third-order valence-electron chi connectivity index (χ3n) is 7.75. The largest absolute Gasteiger partial charge is 0.387 e. The van der Waals surface area contributed by atoms with E-state index in [1.165, 1.54) is 66.1 Å². The van der Waals surface area contributed by atoms with Crippen molar-refractivity contribution in [1.29, 1.82) is 0 Å². The Morgan fingerprint density at radius 2 is 1.08 bits per heavy atom. The molecule has 2 nitrogen and oxygen atoms in total. The third-order valence-corrected chi connectivity index (χ3v) is 7.75. The van der Waals surface area contributed by atoms with Gasteiger partial charge in [-0.2, -0.15) is 0 Å². The number of hydrogen-bond acceptors (Lipinski definition) is 2. The molecule has 2 heteroatoms. The molecule has 0 saturated carbocycles. The quantitative estimate of drug-likeness (QED) is 0.244. The maximum absolute atomic E-state index is 4.48. The van der Waals surface area contributed by atoms with Crippen LogP contribution in [0.5, 0.6) is 0 Å². The molecule has 0 radical (unpaired) electrons. The van der Waals surface area contributed by atoms with Crippen LogP contribution in [0, 0.1) is 6.92 Å². The predicted molar refractivity (Wildman–Crippen MR) is 165 cm³/mol. The fourth-order valence-corrected chi connectivity index (χ4v) is 5.85. The minimum atomic E-state index is 0.868. The van der Waals surface area contributed by atoms with Gasteiger partial charge in [0.15, 0.2) is 0 Å². The Labute approximate surface area is 229 Å². The fourth-order valence-electron chi connectivity index (χ4n) is 5.85. The van der Waals surface area contributed by atoms with Crippen LogP contribution in [0.2, 0.25) is 0 Å². The van der Waals surface area contributed by atoms with Gasteiger partial charge in [0.25, 0.3) is 0 Å². The molecule has 7 rings (SSSR count). The SMILES string of the molecule is Cc1ncccc1-c1ccc(-c2c3ccccc3c(-c3ccc(C4=CCNC=C4)cc3)c3ccccc23)cc1. The summed E-state index contributed by atoms with van der Waals surface area (Å²) in [6.07, 6.45) is 8.24. The summed E-state index contributed by atoms with van der Waals surface area (Å²) < 4.78 is 0. The molecule has 186 valence electrons. The number of pyridine rings is 1. The lowest BCUT2D eigenvalue weighted by Gasteiger charge is -2.18. The summed E-state index contributed by atoms with van der Waals surface area (Å²) in [5.41, 5.74) is 10.9. The number of nitrogens with zero attached hydrogens (tertiary/aromatic N) is 1. The molecule has 5 aromatic carbocycles. The van der Waals surface area contributed by atoms with Crippen LogP contribution < -0.4 is 5.32 Å². The van der Waals surface area contributed by atoms with Gasteiger partial charge in [0.1, 0.15) is 0 Å². The highest BCUT2D eigenvalue weighted by atomic mass is 14.8. The summed E-state index contributed by atoms with van der Waals surface area (Å²) >= 11 is 0. The van der Waals surface area contributed by atoms with Gasteiger partial charge in [-0.15, -0.1) is 0 Å². The molecule has 1 N–H and O–H groups in total. The maximum atomic E-state index is 4.48. The second kappa shape index (κ2) is 9.74. The summed E-state index contributed by atoms with van der Waals surface area (Å²) in [5, 5.41) is 8.31. The van der Waals surface area contributed by atoms with E-state index in [1.54, 1.807) is 0 Å². The zero-order chi connectivity index (χ0) is 26.2. The number of hydrogen-bond donors (Lipinski definition) is 1. The third kappa shape index (κ3) is 4.11. The van der Waals surface area contributed by atoms with Gasteiger partial charge in [-0.25, -0.2) is 0 Å². The Hall–Kier alpha value is -4.95. The summed E-state index contributed by atoms with van der Waals surface area (Å²) in [6, 6.07) is 39.8. The van der Waals surface area contributed by atoms with E-state index < -0.39 is 0 Å². The molecule has 2 heterocycles. The average molecular weight is 501 g/mol. The molecule has 0 unspecified atom stereocenters. The summed E-state index contributed by atoms with van der Waals surface area (Å²) in [6.45, 7) is 2.93. The van der Waals surface area contributed by atoms with Gasteiger partial charge < -0.3 is 5.32 Å². The maximum Gasteiger partial charge on any atom is 0.0450 e. The molecule has 0 saturated heterocycles. The number of rotatable bonds is 4. The van der Waals surface area contributed by atoms with E-state index in [4.69, 9.17) is 0 Å². The van der Waals surface area contributed by atoms with Crippen LogP contribution in [0.25, 0.3) is 60.5 Å². The van der Waals surface area contributed by atoms with Crippen molar-refractivity contribution < 1.29 is 0 Å². The monoisotopic (exact) mass is 500 g/mol. The van der Waals surface area contributed by atoms with E-state index in [-0.39, 0.29) is 0 Å². The Morgan fingerprint density at radius 1 is 0.564 bits per heavy atom. The normalized spacial score (nSPS) is 12.9. The van der Waals surface area contributed by atoms with Gasteiger partial charge in [0.05, 0.1) is 0 Å². The van der Waals surface area contributed by atoms with Gasteiger partial charge in [-0.1, -0.05) is 109 Å². The molecule has 39 heavy (non-hydrogen) atoms. The van der Waals surface area contributed by atoms with E-state index >= 15 is 0 Å². The van der Waals surface area contributed by atoms with E-state index in [0.29, 0.717) is 0 Å². The van der Waals surface area contributed by atoms with Gasteiger partial charge >= 0.3 is 0 Å². The summed E-state index contributed by atoms with van der Waals surface area (Å²) in [4.78, 5) is 4.48. The number of dihydropyridines is 1. The van der Waals surface area contributed by atoms with Crippen molar-refractivity contribution in [3.05, 3.63) is 145 Å². The second-order valence-electron chi connectivity index (χ2n) is 10.0. The lowest BCUT2D eigenvalue weighted by atomic mass is 9.85. The smallest absolute Gasteiger partial charge is 0.0450 e. The minimum Gasteiger partial charge on any atom is -0.387 e. The molecule has 1 aliphatic heterocycles. The number of aryl methyl sites for hydroxylation is 1. The molecular weight excluding hydrogens is 472 g/mol. The van der Waals surface area contributed by atoms with E-state index in [1.807, 2.05) is 18.5 Å². The first-order valence-corrected chi connectivity index (χ1v) is 13.4. The first kappa shape index (κ1) is 23.2. The molecule has 0 amide bonds. The highest BCUT2D eigenvalue weighted by Gasteiger charge is 2.17. The first-order chi connectivity index (χ1) is 19.3. The van der Waals surface area contributed by atoms with Crippen LogP contribution in [0.4, 0.5) is 0 Å². The van der Waals surface area contributed by atoms with Crippen LogP contribution in [0.15, 0.2) is 134 Å². The van der Waals surface area contributed by atoms with Crippen molar-refractivity contribution in [2.24, 2.45) is 0 Å². The van der Waals surface area contributed by atoms with Crippen LogP contribution in [0.3, 0.4) is 0 Å². The molecule has 1 aromatic heterocycles. The van der Waals surface area contributed by atoms with Crippen LogP contribution in [-0.4, -0.2) is 11.5 Å². The van der Waals surface area contributed by atoms with Crippen molar-refractivity contribution in [3.8, 4) is 33.4 Å². The predicted octanol–water partition coefficient (Wildman–Crippen LogP) is 9.20. The number of fused-ring (bicyclic) bond motifs is 2. The first-order valence-electron chi connectivity index (χ1n) is 13.4. The second-order valence-corrected chi connectivity index (χ2v) is 10.0. The summed E-state index contributed by atoms with van der Waals surface area (Å²) in [5.74, 6) is 0. The van der Waals surface area contributed by atoms with Gasteiger partial charge in [-0.05, 0) is 85.8 Å². The molecule has 0 atom stereocenters. The Kier molecular flexibility index (Phi) is 5.79. The van der Waals surface area contributed by atoms with Crippen LogP contribution in [-0.2, 0) is 0 Å². The van der Waals surface area contributed by atoms with Crippen molar-refractivity contribution in [2.45, 2.75) is 6.92 Å². The summed E-state index contributed by atoms with van der Waals surface area (Å²) in [7, 11) is 0. The number of allylic oxidation sites excluding steroid dienone is 2. The van der Waals surface area contributed by atoms with Gasteiger partial charge in [-0.3, -0.25) is 4.98 Å². The lowest BCUT2D eigenvalue weighted by molar-refractivity contribution is 0.976. The fraction of sp³-hybridized carbons (Fsp3) is 0.0541. The minimum absolute atomic E-state index is 0.868. The topological polar surface area (TPSA) is 24.9 Å². The van der Waals surface area contributed by atoms with Gasteiger partial charge in [0, 0.05) is 24.0 Å². The van der Waals surface area contributed by atoms with Crippen molar-refractivity contribution in [3.63, 3.8) is 0 Å². The zero-order valence-corrected chi connectivity index (χ0v) is 21.9. The Balaban J connectivity index is 1.41. The standard InChI is InChI=1S/C37H28N2/c1-25-31(11-6-22-39-25)28-14-18-30(19-15-28)37-34-9-4-2-7-32(34)36(33-8-3-5-10-35(33)37)29-16-12-26(13-17-29)27-20-23-38-24-21-27/h2-23,38H,24H2,1H3. The Bertz CT molecular complexity index is 1830. The molecule has 0 spiro atoms. The van der Waals surface area contributed by atoms with Crippen molar-refractivity contribution in [2.75, 3.05) is 6.54 Å². The van der Waals surface area contributed by atoms with Gasteiger partial charge in [0.2, 0.25) is 0 Å². The lowest BCUT2D eigenvalue weighted by Crippen LogP contribution is -2.08. The van der Waals surface area contributed by atoms with Crippen molar-refractivity contribution in [1.82, 2.24) is 10.3 Å². The van der Waals surface area contributed by atoms with E-state index in [0.717, 1.165) is 12.2 Å². The van der Waals surface area contributed by atoms with E-state index in [9.17, 15) is 0 Å². The highest BCUT2D eigenvalue weighted by molar-refractivity contribution is 6.21. The number of nitrogens with one attached hydrogen (secondary N) is 1. The molecule has 6 aromatic rings. The number of benzene rings is 5. The molecule has 0 aliphatic carbocycles. The molecule has 1 aliphatic rings. The van der Waals surface area contributed by atoms with Crippen molar-refractivity contribution >= 4 is 27.1 Å². The molecular formula is C37H28N2. The molecule has 0 fully saturated rings. The Morgan fingerprint density at radius 3 is 1.56 bits per heavy atom. The molecule has 0 bridgehead atoms.